The molecule has 3 rings (SSSR count). The van der Waals surface area contributed by atoms with Crippen molar-refractivity contribution in [1.29, 1.82) is 0 Å². The summed E-state index contributed by atoms with van der Waals surface area (Å²) in [5, 5.41) is 3.42. The molecule has 0 aromatic heterocycles. The SMILES string of the molecule is COc1ccc(N2CCCC2)c(CN2CCNCC2)c1. The number of nitrogens with zero attached hydrogens (tertiary/aromatic N) is 2. The minimum atomic E-state index is 0.970. The van der Waals surface area contributed by atoms with Crippen LogP contribution in [-0.2, 0) is 6.54 Å². The molecule has 20 heavy (non-hydrogen) atoms. The molecule has 2 aliphatic rings. The third-order valence-electron chi connectivity index (χ3n) is 4.34. The van der Waals surface area contributed by atoms with Gasteiger partial charge in [0, 0.05) is 51.5 Å². The molecule has 1 aromatic rings. The second-order valence-corrected chi connectivity index (χ2v) is 5.71. The van der Waals surface area contributed by atoms with Crippen LogP contribution < -0.4 is 15.0 Å². The largest absolute Gasteiger partial charge is 0.497 e. The van der Waals surface area contributed by atoms with E-state index >= 15 is 0 Å². The molecule has 0 spiro atoms. The predicted molar refractivity (Wildman–Crippen MR) is 82.6 cm³/mol. The molecule has 0 unspecified atom stereocenters. The molecular formula is C16H25N3O. The fraction of sp³-hybridized carbons (Fsp3) is 0.625. The molecule has 2 aliphatic heterocycles. The van der Waals surface area contributed by atoms with Crippen molar-refractivity contribution in [2.45, 2.75) is 19.4 Å². The van der Waals surface area contributed by atoms with Gasteiger partial charge in [-0.1, -0.05) is 0 Å². The van der Waals surface area contributed by atoms with Gasteiger partial charge in [0.2, 0.25) is 0 Å². The molecule has 1 N–H and O–H groups in total. The summed E-state index contributed by atoms with van der Waals surface area (Å²) < 4.78 is 5.41. The molecule has 110 valence electrons. The molecule has 4 nitrogen and oxygen atoms in total. The number of benzene rings is 1. The normalized spacial score (nSPS) is 20.4. The van der Waals surface area contributed by atoms with Crippen molar-refractivity contribution < 1.29 is 4.74 Å². The summed E-state index contributed by atoms with van der Waals surface area (Å²) in [6.07, 6.45) is 2.64. The summed E-state index contributed by atoms with van der Waals surface area (Å²) in [4.78, 5) is 5.06. The predicted octanol–water partition coefficient (Wildman–Crippen LogP) is 1.70. The first-order valence-corrected chi connectivity index (χ1v) is 7.72. The molecule has 0 saturated carbocycles. The zero-order valence-corrected chi connectivity index (χ0v) is 12.4. The van der Waals surface area contributed by atoms with E-state index in [0.717, 1.165) is 38.5 Å². The highest BCUT2D eigenvalue weighted by atomic mass is 16.5. The van der Waals surface area contributed by atoms with Gasteiger partial charge in [-0.2, -0.15) is 0 Å². The van der Waals surface area contributed by atoms with Gasteiger partial charge in [0.15, 0.2) is 0 Å². The Morgan fingerprint density at radius 2 is 1.85 bits per heavy atom. The van der Waals surface area contributed by atoms with E-state index < -0.39 is 0 Å². The summed E-state index contributed by atoms with van der Waals surface area (Å²) in [7, 11) is 1.75. The summed E-state index contributed by atoms with van der Waals surface area (Å²) in [5.74, 6) is 0.970. The lowest BCUT2D eigenvalue weighted by Gasteiger charge is -2.30. The van der Waals surface area contributed by atoms with Crippen molar-refractivity contribution in [2.75, 3.05) is 51.3 Å². The van der Waals surface area contributed by atoms with Crippen molar-refractivity contribution in [2.24, 2.45) is 0 Å². The average Bonchev–Trinajstić information content (AvgIpc) is 3.02. The van der Waals surface area contributed by atoms with Crippen LogP contribution in [0, 0.1) is 0 Å². The number of anilines is 1. The van der Waals surface area contributed by atoms with Gasteiger partial charge in [-0.05, 0) is 36.6 Å². The number of rotatable bonds is 4. The maximum atomic E-state index is 5.41. The standard InChI is InChI=1S/C16H25N3O/c1-20-15-4-5-16(19-8-2-3-9-19)14(12-15)13-18-10-6-17-7-11-18/h4-5,12,17H,2-3,6-11,13H2,1H3. The topological polar surface area (TPSA) is 27.7 Å². The van der Waals surface area contributed by atoms with Crippen LogP contribution in [0.15, 0.2) is 18.2 Å². The van der Waals surface area contributed by atoms with E-state index in [9.17, 15) is 0 Å². The fourth-order valence-electron chi connectivity index (χ4n) is 3.19. The molecule has 0 atom stereocenters. The van der Waals surface area contributed by atoms with Gasteiger partial charge in [0.1, 0.15) is 5.75 Å². The van der Waals surface area contributed by atoms with E-state index in [1.165, 1.54) is 37.2 Å². The number of ether oxygens (including phenoxy) is 1. The molecule has 2 saturated heterocycles. The van der Waals surface area contributed by atoms with E-state index in [1.54, 1.807) is 7.11 Å². The monoisotopic (exact) mass is 275 g/mol. The molecule has 1 aromatic carbocycles. The summed E-state index contributed by atoms with van der Waals surface area (Å²) in [5.41, 5.74) is 2.81. The Morgan fingerprint density at radius 3 is 2.55 bits per heavy atom. The van der Waals surface area contributed by atoms with Crippen LogP contribution in [0.4, 0.5) is 5.69 Å². The second-order valence-electron chi connectivity index (χ2n) is 5.71. The van der Waals surface area contributed by atoms with Crippen LogP contribution in [0.2, 0.25) is 0 Å². The smallest absolute Gasteiger partial charge is 0.119 e. The lowest BCUT2D eigenvalue weighted by molar-refractivity contribution is 0.233. The Bertz CT molecular complexity index is 437. The van der Waals surface area contributed by atoms with Crippen LogP contribution in [-0.4, -0.2) is 51.3 Å². The molecular weight excluding hydrogens is 250 g/mol. The van der Waals surface area contributed by atoms with Gasteiger partial charge >= 0.3 is 0 Å². The van der Waals surface area contributed by atoms with Crippen molar-refractivity contribution in [3.8, 4) is 5.75 Å². The third-order valence-corrected chi connectivity index (χ3v) is 4.34. The van der Waals surface area contributed by atoms with E-state index in [1.807, 2.05) is 0 Å². The van der Waals surface area contributed by atoms with Crippen LogP contribution in [0.5, 0.6) is 5.75 Å². The van der Waals surface area contributed by atoms with Gasteiger partial charge in [0.05, 0.1) is 7.11 Å². The highest BCUT2D eigenvalue weighted by Crippen LogP contribution is 2.29. The van der Waals surface area contributed by atoms with Gasteiger partial charge in [-0.3, -0.25) is 4.90 Å². The van der Waals surface area contributed by atoms with Crippen molar-refractivity contribution in [3.05, 3.63) is 23.8 Å². The van der Waals surface area contributed by atoms with Crippen LogP contribution in [0.25, 0.3) is 0 Å². The highest BCUT2D eigenvalue weighted by molar-refractivity contribution is 5.57. The van der Waals surface area contributed by atoms with Gasteiger partial charge in [-0.15, -0.1) is 0 Å². The Balaban J connectivity index is 1.80. The Kier molecular flexibility index (Phi) is 4.43. The fourth-order valence-corrected chi connectivity index (χ4v) is 3.19. The first-order valence-electron chi connectivity index (χ1n) is 7.72. The first kappa shape index (κ1) is 13.7. The van der Waals surface area contributed by atoms with Crippen molar-refractivity contribution in [1.82, 2.24) is 10.2 Å². The Morgan fingerprint density at radius 1 is 1.10 bits per heavy atom. The van der Waals surface area contributed by atoms with Crippen LogP contribution in [0.3, 0.4) is 0 Å². The molecule has 2 fully saturated rings. The number of piperazine rings is 1. The first-order chi connectivity index (χ1) is 9.86. The second kappa shape index (κ2) is 6.46. The number of hydrogen-bond acceptors (Lipinski definition) is 4. The molecule has 0 aliphatic carbocycles. The number of hydrogen-bond donors (Lipinski definition) is 1. The summed E-state index contributed by atoms with van der Waals surface area (Å²) in [6.45, 7) is 7.89. The average molecular weight is 275 g/mol. The Hall–Kier alpha value is -1.26. The highest BCUT2D eigenvalue weighted by Gasteiger charge is 2.18. The molecule has 0 radical (unpaired) electrons. The van der Waals surface area contributed by atoms with E-state index in [0.29, 0.717) is 0 Å². The molecule has 4 heteroatoms. The summed E-state index contributed by atoms with van der Waals surface area (Å²) >= 11 is 0. The lowest BCUT2D eigenvalue weighted by atomic mass is 10.1. The maximum absolute atomic E-state index is 5.41. The molecule has 0 bridgehead atoms. The minimum Gasteiger partial charge on any atom is -0.497 e. The third kappa shape index (κ3) is 3.07. The number of nitrogens with one attached hydrogen (secondary N) is 1. The quantitative estimate of drug-likeness (QED) is 0.905. The minimum absolute atomic E-state index is 0.970. The van der Waals surface area contributed by atoms with E-state index in [-0.39, 0.29) is 0 Å². The Labute approximate surface area is 121 Å². The van der Waals surface area contributed by atoms with Crippen molar-refractivity contribution in [3.63, 3.8) is 0 Å². The maximum Gasteiger partial charge on any atom is 0.119 e. The van der Waals surface area contributed by atoms with Crippen LogP contribution >= 0.6 is 0 Å². The summed E-state index contributed by atoms with van der Waals surface area (Å²) in [6, 6.07) is 6.55. The van der Waals surface area contributed by atoms with Gasteiger partial charge in [0.25, 0.3) is 0 Å². The van der Waals surface area contributed by atoms with Crippen LogP contribution in [0.1, 0.15) is 18.4 Å². The van der Waals surface area contributed by atoms with E-state index in [2.05, 4.69) is 33.3 Å². The lowest BCUT2D eigenvalue weighted by Crippen LogP contribution is -2.43. The zero-order chi connectivity index (χ0) is 13.8. The molecule has 2 heterocycles. The van der Waals surface area contributed by atoms with Gasteiger partial charge < -0.3 is 15.0 Å². The van der Waals surface area contributed by atoms with Crippen molar-refractivity contribution >= 4 is 5.69 Å². The number of methoxy groups -OCH3 is 1. The van der Waals surface area contributed by atoms with Gasteiger partial charge in [-0.25, -0.2) is 0 Å². The zero-order valence-electron chi connectivity index (χ0n) is 12.4. The van der Waals surface area contributed by atoms with E-state index in [4.69, 9.17) is 4.74 Å². The molecule has 0 amide bonds.